The van der Waals surface area contributed by atoms with Gasteiger partial charge in [0.25, 0.3) is 11.5 Å². The zero-order valence-electron chi connectivity index (χ0n) is 17.5. The molecule has 0 spiro atoms. The van der Waals surface area contributed by atoms with Gasteiger partial charge in [-0.1, -0.05) is 24.3 Å². The monoisotopic (exact) mass is 430 g/mol. The Kier molecular flexibility index (Phi) is 5.77. The first kappa shape index (κ1) is 20.7. The first-order valence-electron chi connectivity index (χ1n) is 9.86. The summed E-state index contributed by atoms with van der Waals surface area (Å²) in [6, 6.07) is 14.9. The van der Waals surface area contributed by atoms with E-state index in [0.717, 1.165) is 28.1 Å². The van der Waals surface area contributed by atoms with Gasteiger partial charge >= 0.3 is 0 Å². The molecule has 0 saturated heterocycles. The summed E-state index contributed by atoms with van der Waals surface area (Å²) in [4.78, 5) is 34.1. The van der Waals surface area contributed by atoms with E-state index in [1.165, 1.54) is 17.4 Å². The van der Waals surface area contributed by atoms with Crippen LogP contribution in [-0.4, -0.2) is 20.4 Å². The second kappa shape index (κ2) is 8.65. The van der Waals surface area contributed by atoms with Crippen molar-refractivity contribution in [1.29, 1.82) is 0 Å². The molecule has 0 aliphatic carbocycles. The number of pyridine rings is 2. The molecule has 0 radical (unpaired) electrons. The van der Waals surface area contributed by atoms with E-state index in [4.69, 9.17) is 0 Å². The number of carbonyl (C=O) groups excluding carboxylic acids is 1. The molecule has 1 aromatic carbocycles. The Morgan fingerprint density at radius 3 is 2.58 bits per heavy atom. The molecule has 6 nitrogen and oxygen atoms in total. The number of benzene rings is 1. The van der Waals surface area contributed by atoms with Crippen LogP contribution in [0.3, 0.4) is 0 Å². The SMILES string of the molecule is Cc1cc(C)nc(-c2csc(NC(=O)c3ccn(Cc4ccccc4C)c(=O)c3)n2)c1. The predicted molar refractivity (Wildman–Crippen MR) is 124 cm³/mol. The molecule has 0 aliphatic heterocycles. The molecular formula is C24H22N4O2S. The minimum Gasteiger partial charge on any atom is -0.311 e. The number of nitrogens with one attached hydrogen (secondary N) is 1. The van der Waals surface area contributed by atoms with Gasteiger partial charge in [-0.05, 0) is 55.7 Å². The van der Waals surface area contributed by atoms with Crippen LogP contribution in [0, 0.1) is 20.8 Å². The van der Waals surface area contributed by atoms with Crippen molar-refractivity contribution in [3.05, 3.63) is 98.4 Å². The summed E-state index contributed by atoms with van der Waals surface area (Å²) in [7, 11) is 0. The molecule has 31 heavy (non-hydrogen) atoms. The molecule has 1 N–H and O–H groups in total. The molecule has 0 bridgehead atoms. The van der Waals surface area contributed by atoms with Crippen LogP contribution in [0.2, 0.25) is 0 Å². The second-order valence-corrected chi connectivity index (χ2v) is 8.33. The van der Waals surface area contributed by atoms with Gasteiger partial charge in [-0.3, -0.25) is 19.9 Å². The Morgan fingerprint density at radius 1 is 1.03 bits per heavy atom. The van der Waals surface area contributed by atoms with Gasteiger partial charge < -0.3 is 4.57 Å². The van der Waals surface area contributed by atoms with Gasteiger partial charge in [-0.25, -0.2) is 4.98 Å². The van der Waals surface area contributed by atoms with E-state index in [2.05, 4.69) is 15.3 Å². The predicted octanol–water partition coefficient (Wildman–Crippen LogP) is 4.59. The molecule has 0 aliphatic rings. The normalized spacial score (nSPS) is 10.8. The maximum Gasteiger partial charge on any atom is 0.257 e. The van der Waals surface area contributed by atoms with Crippen molar-refractivity contribution < 1.29 is 4.79 Å². The molecular weight excluding hydrogens is 408 g/mol. The van der Waals surface area contributed by atoms with Gasteiger partial charge in [0, 0.05) is 28.9 Å². The lowest BCUT2D eigenvalue weighted by Crippen LogP contribution is -2.23. The number of aromatic nitrogens is 3. The molecule has 3 aromatic heterocycles. The number of hydrogen-bond donors (Lipinski definition) is 1. The van der Waals surface area contributed by atoms with Crippen LogP contribution < -0.4 is 10.9 Å². The smallest absolute Gasteiger partial charge is 0.257 e. The van der Waals surface area contributed by atoms with Gasteiger partial charge in [-0.2, -0.15) is 0 Å². The summed E-state index contributed by atoms with van der Waals surface area (Å²) < 4.78 is 1.59. The van der Waals surface area contributed by atoms with E-state index in [1.54, 1.807) is 16.8 Å². The highest BCUT2D eigenvalue weighted by Crippen LogP contribution is 2.25. The Balaban J connectivity index is 1.49. The quantitative estimate of drug-likeness (QED) is 0.502. The first-order chi connectivity index (χ1) is 14.9. The maximum atomic E-state index is 12.6. The molecule has 4 aromatic rings. The van der Waals surface area contributed by atoms with Gasteiger partial charge in [0.2, 0.25) is 0 Å². The van der Waals surface area contributed by atoms with E-state index in [1.807, 2.05) is 62.5 Å². The number of nitrogens with zero attached hydrogens (tertiary/aromatic N) is 3. The Hall–Kier alpha value is -3.58. The molecule has 0 saturated carbocycles. The summed E-state index contributed by atoms with van der Waals surface area (Å²) in [5, 5.41) is 5.10. The fourth-order valence-corrected chi connectivity index (χ4v) is 4.04. The van der Waals surface area contributed by atoms with Crippen molar-refractivity contribution in [2.24, 2.45) is 0 Å². The summed E-state index contributed by atoms with van der Waals surface area (Å²) in [5.41, 5.74) is 5.76. The lowest BCUT2D eigenvalue weighted by molar-refractivity contribution is 0.102. The molecule has 0 fully saturated rings. The average Bonchev–Trinajstić information content (AvgIpc) is 3.19. The summed E-state index contributed by atoms with van der Waals surface area (Å²) in [5.74, 6) is -0.366. The Morgan fingerprint density at radius 2 is 1.84 bits per heavy atom. The van der Waals surface area contributed by atoms with Crippen LogP contribution in [0.4, 0.5) is 5.13 Å². The standard InChI is InChI=1S/C24H22N4O2S/c1-15-10-17(3)25-20(11-15)21-14-31-24(26-21)27-23(30)18-8-9-28(22(29)12-18)13-19-7-5-4-6-16(19)2/h4-12,14H,13H2,1-3H3,(H,26,27,30). The highest BCUT2D eigenvalue weighted by molar-refractivity contribution is 7.14. The van der Waals surface area contributed by atoms with Crippen molar-refractivity contribution in [2.75, 3.05) is 5.32 Å². The fraction of sp³-hybridized carbons (Fsp3) is 0.167. The lowest BCUT2D eigenvalue weighted by Gasteiger charge is -2.09. The highest BCUT2D eigenvalue weighted by Gasteiger charge is 2.13. The summed E-state index contributed by atoms with van der Waals surface area (Å²) >= 11 is 1.32. The zero-order valence-corrected chi connectivity index (χ0v) is 18.4. The number of hydrogen-bond acceptors (Lipinski definition) is 5. The van der Waals surface area contributed by atoms with Crippen LogP contribution in [-0.2, 0) is 6.54 Å². The van der Waals surface area contributed by atoms with Gasteiger partial charge in [-0.15, -0.1) is 11.3 Å². The summed E-state index contributed by atoms with van der Waals surface area (Å²) in [6.45, 7) is 6.42. The maximum absolute atomic E-state index is 12.6. The zero-order chi connectivity index (χ0) is 22.0. The molecule has 4 rings (SSSR count). The first-order valence-corrected chi connectivity index (χ1v) is 10.7. The van der Waals surface area contributed by atoms with E-state index >= 15 is 0 Å². The number of aryl methyl sites for hydroxylation is 3. The van der Waals surface area contributed by atoms with E-state index < -0.39 is 0 Å². The minimum atomic E-state index is -0.366. The molecule has 7 heteroatoms. The van der Waals surface area contributed by atoms with Gasteiger partial charge in [0.1, 0.15) is 5.69 Å². The molecule has 0 unspecified atom stereocenters. The van der Waals surface area contributed by atoms with Gasteiger partial charge in [0.05, 0.1) is 12.2 Å². The molecule has 1 amide bonds. The Bertz CT molecular complexity index is 1300. The minimum absolute atomic E-state index is 0.227. The third-order valence-electron chi connectivity index (χ3n) is 4.95. The fourth-order valence-electron chi connectivity index (χ4n) is 3.34. The number of rotatable bonds is 5. The number of thiazole rings is 1. The second-order valence-electron chi connectivity index (χ2n) is 7.47. The van der Waals surface area contributed by atoms with Crippen LogP contribution in [0.15, 0.2) is 64.9 Å². The number of amides is 1. The molecule has 0 atom stereocenters. The van der Waals surface area contributed by atoms with E-state index in [0.29, 0.717) is 22.9 Å². The van der Waals surface area contributed by atoms with Crippen molar-refractivity contribution in [1.82, 2.24) is 14.5 Å². The topological polar surface area (TPSA) is 76.9 Å². The molecule has 156 valence electrons. The Labute approximate surface area is 184 Å². The third-order valence-corrected chi connectivity index (χ3v) is 5.70. The van der Waals surface area contributed by atoms with Crippen LogP contribution >= 0.6 is 11.3 Å². The average molecular weight is 431 g/mol. The number of anilines is 1. The molecule has 3 heterocycles. The van der Waals surface area contributed by atoms with Crippen molar-refractivity contribution in [3.8, 4) is 11.4 Å². The van der Waals surface area contributed by atoms with Gasteiger partial charge in [0.15, 0.2) is 5.13 Å². The number of carbonyl (C=O) groups is 1. The third kappa shape index (κ3) is 4.78. The van der Waals surface area contributed by atoms with Crippen LogP contribution in [0.25, 0.3) is 11.4 Å². The van der Waals surface area contributed by atoms with E-state index in [9.17, 15) is 9.59 Å². The largest absolute Gasteiger partial charge is 0.311 e. The van der Waals surface area contributed by atoms with Crippen LogP contribution in [0.1, 0.15) is 32.7 Å². The van der Waals surface area contributed by atoms with Crippen molar-refractivity contribution >= 4 is 22.4 Å². The van der Waals surface area contributed by atoms with E-state index in [-0.39, 0.29) is 11.5 Å². The van der Waals surface area contributed by atoms with Crippen molar-refractivity contribution in [2.45, 2.75) is 27.3 Å². The van der Waals surface area contributed by atoms with Crippen LogP contribution in [0.5, 0.6) is 0 Å². The lowest BCUT2D eigenvalue weighted by atomic mass is 10.1. The summed E-state index contributed by atoms with van der Waals surface area (Å²) in [6.07, 6.45) is 1.65. The highest BCUT2D eigenvalue weighted by atomic mass is 32.1. The van der Waals surface area contributed by atoms with Crippen molar-refractivity contribution in [3.63, 3.8) is 0 Å².